The van der Waals surface area contributed by atoms with Gasteiger partial charge in [0.25, 0.3) is 0 Å². The standard InChI is InChI=1S/C13H15Br/c14-9-13(6-7-13)12-8-11(12)10-4-2-1-3-5-10/h1-5,11-12H,6-9H2. The highest BCUT2D eigenvalue weighted by atomic mass is 79.9. The maximum atomic E-state index is 3.67. The SMILES string of the molecule is BrCC1(C2CC2c2ccccc2)CC1. The third kappa shape index (κ3) is 1.33. The van der Waals surface area contributed by atoms with E-state index in [1.54, 1.807) is 5.56 Å². The first-order chi connectivity index (χ1) is 6.86. The van der Waals surface area contributed by atoms with Crippen LogP contribution in [0.5, 0.6) is 0 Å². The van der Waals surface area contributed by atoms with Gasteiger partial charge >= 0.3 is 0 Å². The first-order valence-corrected chi connectivity index (χ1v) is 6.59. The van der Waals surface area contributed by atoms with Crippen LogP contribution in [0.3, 0.4) is 0 Å². The van der Waals surface area contributed by atoms with Gasteiger partial charge in [0.2, 0.25) is 0 Å². The molecule has 1 heteroatoms. The van der Waals surface area contributed by atoms with Crippen molar-refractivity contribution in [2.75, 3.05) is 5.33 Å². The predicted octanol–water partition coefficient (Wildman–Crippen LogP) is 3.97. The van der Waals surface area contributed by atoms with Crippen LogP contribution in [0.1, 0.15) is 30.7 Å². The molecule has 0 spiro atoms. The molecule has 2 aliphatic rings. The molecule has 2 aliphatic carbocycles. The lowest BCUT2D eigenvalue weighted by atomic mass is 9.99. The summed E-state index contributed by atoms with van der Waals surface area (Å²) in [5, 5.41) is 1.22. The lowest BCUT2D eigenvalue weighted by molar-refractivity contribution is 0.492. The summed E-state index contributed by atoms with van der Waals surface area (Å²) in [7, 11) is 0. The van der Waals surface area contributed by atoms with E-state index in [4.69, 9.17) is 0 Å². The number of halogens is 1. The molecule has 0 saturated heterocycles. The highest BCUT2D eigenvalue weighted by Gasteiger charge is 2.58. The summed E-state index contributed by atoms with van der Waals surface area (Å²) in [6, 6.07) is 11.0. The van der Waals surface area contributed by atoms with Gasteiger partial charge in [-0.05, 0) is 42.1 Å². The third-order valence-electron chi connectivity index (χ3n) is 3.96. The topological polar surface area (TPSA) is 0 Å². The van der Waals surface area contributed by atoms with Crippen LogP contribution in [0.15, 0.2) is 30.3 Å². The van der Waals surface area contributed by atoms with E-state index < -0.39 is 0 Å². The third-order valence-corrected chi connectivity index (χ3v) is 5.08. The van der Waals surface area contributed by atoms with E-state index in [1.165, 1.54) is 24.6 Å². The van der Waals surface area contributed by atoms with Crippen molar-refractivity contribution in [1.82, 2.24) is 0 Å². The van der Waals surface area contributed by atoms with Gasteiger partial charge in [0, 0.05) is 5.33 Å². The van der Waals surface area contributed by atoms with Gasteiger partial charge in [-0.1, -0.05) is 46.3 Å². The molecule has 74 valence electrons. The number of alkyl halides is 1. The van der Waals surface area contributed by atoms with Gasteiger partial charge in [0.05, 0.1) is 0 Å². The molecule has 0 nitrogen and oxygen atoms in total. The second-order valence-corrected chi connectivity index (χ2v) is 5.42. The second-order valence-electron chi connectivity index (χ2n) is 4.86. The van der Waals surface area contributed by atoms with Crippen molar-refractivity contribution in [3.63, 3.8) is 0 Å². The quantitative estimate of drug-likeness (QED) is 0.713. The Bertz CT molecular complexity index is 326. The van der Waals surface area contributed by atoms with Gasteiger partial charge in [-0.3, -0.25) is 0 Å². The lowest BCUT2D eigenvalue weighted by Gasteiger charge is -2.10. The molecule has 2 saturated carbocycles. The summed E-state index contributed by atoms with van der Waals surface area (Å²) in [5.74, 6) is 1.85. The summed E-state index contributed by atoms with van der Waals surface area (Å²) in [5.41, 5.74) is 2.25. The van der Waals surface area contributed by atoms with E-state index in [1.807, 2.05) is 0 Å². The van der Waals surface area contributed by atoms with E-state index in [0.29, 0.717) is 5.41 Å². The van der Waals surface area contributed by atoms with Crippen molar-refractivity contribution < 1.29 is 0 Å². The first-order valence-electron chi connectivity index (χ1n) is 5.47. The number of rotatable bonds is 3. The van der Waals surface area contributed by atoms with Crippen LogP contribution in [0.2, 0.25) is 0 Å². The Hall–Kier alpha value is -0.300. The minimum atomic E-state index is 0.695. The van der Waals surface area contributed by atoms with Gasteiger partial charge < -0.3 is 0 Å². The minimum Gasteiger partial charge on any atom is -0.0922 e. The Morgan fingerprint density at radius 3 is 2.50 bits per heavy atom. The van der Waals surface area contributed by atoms with Crippen molar-refractivity contribution in [2.24, 2.45) is 11.3 Å². The summed E-state index contributed by atoms with van der Waals surface area (Å²) in [6.07, 6.45) is 4.33. The van der Waals surface area contributed by atoms with Crippen LogP contribution in [-0.2, 0) is 0 Å². The van der Waals surface area contributed by atoms with Crippen LogP contribution >= 0.6 is 15.9 Å². The highest BCUT2D eigenvalue weighted by Crippen LogP contribution is 2.67. The predicted molar refractivity (Wildman–Crippen MR) is 62.8 cm³/mol. The Balaban J connectivity index is 1.75. The van der Waals surface area contributed by atoms with Crippen molar-refractivity contribution in [3.05, 3.63) is 35.9 Å². The van der Waals surface area contributed by atoms with E-state index in [9.17, 15) is 0 Å². The fourth-order valence-corrected chi connectivity index (χ4v) is 3.68. The Labute approximate surface area is 93.8 Å². The van der Waals surface area contributed by atoms with Gasteiger partial charge in [-0.15, -0.1) is 0 Å². The monoisotopic (exact) mass is 250 g/mol. The van der Waals surface area contributed by atoms with E-state index in [0.717, 1.165) is 11.8 Å². The van der Waals surface area contributed by atoms with E-state index >= 15 is 0 Å². The fourth-order valence-electron chi connectivity index (χ4n) is 2.70. The van der Waals surface area contributed by atoms with Gasteiger partial charge in [0.1, 0.15) is 0 Å². The molecular formula is C13H15Br. The molecular weight excluding hydrogens is 236 g/mol. The number of hydrogen-bond donors (Lipinski definition) is 0. The van der Waals surface area contributed by atoms with E-state index in [2.05, 4.69) is 46.3 Å². The van der Waals surface area contributed by atoms with Gasteiger partial charge in [0.15, 0.2) is 0 Å². The Morgan fingerprint density at radius 2 is 1.93 bits per heavy atom. The summed E-state index contributed by atoms with van der Waals surface area (Å²) in [4.78, 5) is 0. The largest absolute Gasteiger partial charge is 0.0922 e. The van der Waals surface area contributed by atoms with Crippen molar-refractivity contribution in [2.45, 2.75) is 25.2 Å². The summed E-state index contributed by atoms with van der Waals surface area (Å²) >= 11 is 3.67. The number of hydrogen-bond acceptors (Lipinski definition) is 0. The van der Waals surface area contributed by atoms with Crippen LogP contribution in [0.25, 0.3) is 0 Å². The summed E-state index contributed by atoms with van der Waals surface area (Å²) < 4.78 is 0. The average Bonchev–Trinajstić information content (AvgIpc) is 3.12. The molecule has 0 aliphatic heterocycles. The van der Waals surface area contributed by atoms with Crippen LogP contribution in [0.4, 0.5) is 0 Å². The van der Waals surface area contributed by atoms with Crippen molar-refractivity contribution in [3.8, 4) is 0 Å². The van der Waals surface area contributed by atoms with Crippen LogP contribution < -0.4 is 0 Å². The molecule has 0 radical (unpaired) electrons. The van der Waals surface area contributed by atoms with Gasteiger partial charge in [-0.2, -0.15) is 0 Å². The molecule has 1 aromatic carbocycles. The molecule has 2 unspecified atom stereocenters. The van der Waals surface area contributed by atoms with Crippen molar-refractivity contribution in [1.29, 1.82) is 0 Å². The molecule has 0 amide bonds. The molecule has 14 heavy (non-hydrogen) atoms. The number of benzene rings is 1. The zero-order valence-corrected chi connectivity index (χ0v) is 9.83. The van der Waals surface area contributed by atoms with Crippen LogP contribution in [0, 0.1) is 11.3 Å². The Kier molecular flexibility index (Phi) is 1.98. The lowest BCUT2D eigenvalue weighted by Crippen LogP contribution is -2.05. The zero-order valence-electron chi connectivity index (χ0n) is 8.25. The molecule has 2 atom stereocenters. The zero-order chi connectivity index (χ0) is 9.60. The molecule has 3 rings (SSSR count). The average molecular weight is 251 g/mol. The maximum Gasteiger partial charge on any atom is 0.00908 e. The Morgan fingerprint density at radius 1 is 1.21 bits per heavy atom. The fraction of sp³-hybridized carbons (Fsp3) is 0.538. The molecule has 0 aromatic heterocycles. The first kappa shape index (κ1) is 8.96. The molecule has 0 bridgehead atoms. The molecule has 2 fully saturated rings. The molecule has 0 heterocycles. The summed E-state index contributed by atoms with van der Waals surface area (Å²) in [6.45, 7) is 0. The second kappa shape index (κ2) is 3.10. The highest BCUT2D eigenvalue weighted by molar-refractivity contribution is 9.09. The minimum absolute atomic E-state index is 0.695. The maximum absolute atomic E-state index is 3.67. The molecule has 0 N–H and O–H groups in total. The molecule has 1 aromatic rings. The van der Waals surface area contributed by atoms with Crippen molar-refractivity contribution >= 4 is 15.9 Å². The smallest absolute Gasteiger partial charge is 0.00908 e. The normalized spacial score (nSPS) is 32.6. The van der Waals surface area contributed by atoms with Crippen LogP contribution in [-0.4, -0.2) is 5.33 Å². The van der Waals surface area contributed by atoms with E-state index in [-0.39, 0.29) is 0 Å². The van der Waals surface area contributed by atoms with Gasteiger partial charge in [-0.25, -0.2) is 0 Å².